The van der Waals surface area contributed by atoms with Crippen molar-refractivity contribution in [1.29, 1.82) is 0 Å². The average molecular weight is 487 g/mol. The van der Waals surface area contributed by atoms with Gasteiger partial charge in [-0.15, -0.1) is 0 Å². The minimum atomic E-state index is -0.439. The van der Waals surface area contributed by atoms with Gasteiger partial charge in [0.15, 0.2) is 0 Å². The molecule has 0 spiro atoms. The summed E-state index contributed by atoms with van der Waals surface area (Å²) in [4.78, 5) is 30.3. The number of amides is 2. The van der Waals surface area contributed by atoms with Crippen LogP contribution in [0.4, 0.5) is 0 Å². The lowest BCUT2D eigenvalue weighted by Gasteiger charge is -2.36. The molecule has 2 amide bonds. The zero-order valence-corrected chi connectivity index (χ0v) is 19.2. The minimum absolute atomic E-state index is 0.00477. The first-order valence-corrected chi connectivity index (χ1v) is 11.6. The Morgan fingerprint density at radius 2 is 1.90 bits per heavy atom. The van der Waals surface area contributed by atoms with E-state index in [2.05, 4.69) is 15.9 Å². The van der Waals surface area contributed by atoms with E-state index in [0.29, 0.717) is 50.6 Å². The summed E-state index contributed by atoms with van der Waals surface area (Å²) in [6.07, 6.45) is 1.34. The number of carbonyl (C=O) groups excluding carboxylic acids is 2. The predicted octanol–water partition coefficient (Wildman–Crippen LogP) is 4.05. The largest absolute Gasteiger partial charge is 0.493 e. The van der Waals surface area contributed by atoms with E-state index < -0.39 is 6.04 Å². The van der Waals surface area contributed by atoms with Crippen LogP contribution in [-0.4, -0.2) is 60.5 Å². The molecule has 4 rings (SSSR count). The Morgan fingerprint density at radius 3 is 2.68 bits per heavy atom. The Bertz CT molecular complexity index is 933. The van der Waals surface area contributed by atoms with Gasteiger partial charge in [-0.05, 0) is 49.6 Å². The molecule has 2 aromatic carbocycles. The number of rotatable bonds is 5. The van der Waals surface area contributed by atoms with Crippen LogP contribution in [0, 0.1) is 0 Å². The number of ether oxygens (including phenoxy) is 2. The highest BCUT2D eigenvalue weighted by Crippen LogP contribution is 2.29. The zero-order chi connectivity index (χ0) is 21.8. The van der Waals surface area contributed by atoms with Gasteiger partial charge in [-0.25, -0.2) is 0 Å². The van der Waals surface area contributed by atoms with E-state index in [1.807, 2.05) is 48.2 Å². The smallest absolute Gasteiger partial charge is 0.258 e. The number of morpholine rings is 1. The standard InChI is InChI=1S/C24H27BrN2O4/c1-2-30-21-8-4-3-6-19(21)23(28)27-13-5-7-20(27)24(29)26-14-15-31-22(16-26)17-9-11-18(25)12-10-17/h3-4,6,8-12,20,22H,2,5,7,13-16H2,1H3. The lowest BCUT2D eigenvalue weighted by Crippen LogP contribution is -2.51. The number of nitrogens with zero attached hydrogens (tertiary/aromatic N) is 2. The van der Waals surface area contributed by atoms with Crippen LogP contribution < -0.4 is 4.74 Å². The summed E-state index contributed by atoms with van der Waals surface area (Å²) in [5, 5.41) is 0. The number of hydrogen-bond acceptors (Lipinski definition) is 4. The molecule has 6 nitrogen and oxygen atoms in total. The summed E-state index contributed by atoms with van der Waals surface area (Å²) in [6.45, 7) is 4.48. The molecule has 0 bridgehead atoms. The Hall–Kier alpha value is -2.38. The minimum Gasteiger partial charge on any atom is -0.493 e. The Morgan fingerprint density at radius 1 is 1.13 bits per heavy atom. The Kier molecular flexibility index (Phi) is 6.92. The third kappa shape index (κ3) is 4.77. The van der Waals surface area contributed by atoms with Crippen molar-refractivity contribution in [2.45, 2.75) is 31.9 Å². The molecule has 164 valence electrons. The molecule has 2 aliphatic rings. The van der Waals surface area contributed by atoms with Crippen LogP contribution in [-0.2, 0) is 9.53 Å². The maximum absolute atomic E-state index is 13.4. The Labute approximate surface area is 191 Å². The number of likely N-dealkylation sites (tertiary alicyclic amines) is 1. The fraction of sp³-hybridized carbons (Fsp3) is 0.417. The molecular formula is C24H27BrN2O4. The van der Waals surface area contributed by atoms with Crippen LogP contribution in [0.5, 0.6) is 5.75 Å². The fourth-order valence-electron chi connectivity index (χ4n) is 4.29. The molecule has 0 aromatic heterocycles. The topological polar surface area (TPSA) is 59.1 Å². The molecule has 2 atom stereocenters. The van der Waals surface area contributed by atoms with E-state index in [1.54, 1.807) is 17.0 Å². The second kappa shape index (κ2) is 9.83. The van der Waals surface area contributed by atoms with Crippen LogP contribution in [0.15, 0.2) is 53.0 Å². The van der Waals surface area contributed by atoms with Crippen molar-refractivity contribution in [3.05, 3.63) is 64.1 Å². The van der Waals surface area contributed by atoms with Crippen LogP contribution in [0.2, 0.25) is 0 Å². The monoisotopic (exact) mass is 486 g/mol. The molecule has 2 saturated heterocycles. The maximum Gasteiger partial charge on any atom is 0.258 e. The van der Waals surface area contributed by atoms with Crippen molar-refractivity contribution in [2.24, 2.45) is 0 Å². The van der Waals surface area contributed by atoms with E-state index >= 15 is 0 Å². The van der Waals surface area contributed by atoms with Gasteiger partial charge in [-0.2, -0.15) is 0 Å². The van der Waals surface area contributed by atoms with Crippen LogP contribution >= 0.6 is 15.9 Å². The molecule has 0 N–H and O–H groups in total. The van der Waals surface area contributed by atoms with Gasteiger partial charge >= 0.3 is 0 Å². The summed E-state index contributed by atoms with van der Waals surface area (Å²) >= 11 is 3.45. The van der Waals surface area contributed by atoms with E-state index in [9.17, 15) is 9.59 Å². The van der Waals surface area contributed by atoms with Crippen molar-refractivity contribution in [3.63, 3.8) is 0 Å². The van der Waals surface area contributed by atoms with Crippen molar-refractivity contribution in [2.75, 3.05) is 32.8 Å². The van der Waals surface area contributed by atoms with Crippen LogP contribution in [0.3, 0.4) is 0 Å². The summed E-state index contributed by atoms with van der Waals surface area (Å²) in [5.74, 6) is 0.428. The number of halogens is 1. The lowest BCUT2D eigenvalue weighted by molar-refractivity contribution is -0.143. The van der Waals surface area contributed by atoms with Gasteiger partial charge in [0.2, 0.25) is 5.91 Å². The summed E-state index contributed by atoms with van der Waals surface area (Å²) in [7, 11) is 0. The summed E-state index contributed by atoms with van der Waals surface area (Å²) in [5.41, 5.74) is 1.56. The second-order valence-electron chi connectivity index (χ2n) is 7.78. The molecule has 2 heterocycles. The zero-order valence-electron chi connectivity index (χ0n) is 17.6. The second-order valence-corrected chi connectivity index (χ2v) is 8.70. The highest BCUT2D eigenvalue weighted by molar-refractivity contribution is 9.10. The van der Waals surface area contributed by atoms with Gasteiger partial charge in [0.05, 0.1) is 25.3 Å². The molecule has 0 saturated carbocycles. The van der Waals surface area contributed by atoms with E-state index in [4.69, 9.17) is 9.47 Å². The lowest BCUT2D eigenvalue weighted by atomic mass is 10.1. The molecule has 2 aliphatic heterocycles. The molecule has 0 radical (unpaired) electrons. The highest BCUT2D eigenvalue weighted by Gasteiger charge is 2.39. The summed E-state index contributed by atoms with van der Waals surface area (Å²) in [6, 6.07) is 14.8. The molecule has 2 unspecified atom stereocenters. The van der Waals surface area contributed by atoms with Gasteiger partial charge in [-0.1, -0.05) is 40.2 Å². The summed E-state index contributed by atoms with van der Waals surface area (Å²) < 4.78 is 12.6. The first kappa shape index (κ1) is 21.8. The van der Waals surface area contributed by atoms with E-state index in [0.717, 1.165) is 16.5 Å². The van der Waals surface area contributed by atoms with Gasteiger partial charge in [0.1, 0.15) is 17.9 Å². The molecule has 0 aliphatic carbocycles. The predicted molar refractivity (Wildman–Crippen MR) is 121 cm³/mol. The van der Waals surface area contributed by atoms with Gasteiger partial charge in [0.25, 0.3) is 5.91 Å². The maximum atomic E-state index is 13.4. The van der Waals surface area contributed by atoms with Crippen LogP contribution in [0.1, 0.15) is 41.8 Å². The molecular weight excluding hydrogens is 460 g/mol. The van der Waals surface area contributed by atoms with Gasteiger partial charge < -0.3 is 19.3 Å². The molecule has 7 heteroatoms. The highest BCUT2D eigenvalue weighted by atomic mass is 79.9. The van der Waals surface area contributed by atoms with Crippen molar-refractivity contribution in [3.8, 4) is 5.75 Å². The van der Waals surface area contributed by atoms with Crippen molar-refractivity contribution in [1.82, 2.24) is 9.80 Å². The number of carbonyl (C=O) groups is 2. The number of para-hydroxylation sites is 1. The molecule has 31 heavy (non-hydrogen) atoms. The normalized spacial score (nSPS) is 21.2. The fourth-order valence-corrected chi connectivity index (χ4v) is 4.55. The third-order valence-corrected chi connectivity index (χ3v) is 6.36. The third-order valence-electron chi connectivity index (χ3n) is 5.84. The quantitative estimate of drug-likeness (QED) is 0.639. The average Bonchev–Trinajstić information content (AvgIpc) is 3.29. The first-order valence-electron chi connectivity index (χ1n) is 10.8. The molecule has 2 aromatic rings. The number of benzene rings is 2. The van der Waals surface area contributed by atoms with E-state index in [1.165, 1.54) is 0 Å². The molecule has 2 fully saturated rings. The van der Waals surface area contributed by atoms with E-state index in [-0.39, 0.29) is 17.9 Å². The van der Waals surface area contributed by atoms with Gasteiger partial charge in [0, 0.05) is 17.6 Å². The SMILES string of the molecule is CCOc1ccccc1C(=O)N1CCCC1C(=O)N1CCOC(c2ccc(Br)cc2)C1. The van der Waals surface area contributed by atoms with Crippen molar-refractivity contribution < 1.29 is 19.1 Å². The number of hydrogen-bond donors (Lipinski definition) is 0. The Balaban J connectivity index is 1.48. The van der Waals surface area contributed by atoms with Crippen LogP contribution in [0.25, 0.3) is 0 Å². The first-order chi connectivity index (χ1) is 15.1. The van der Waals surface area contributed by atoms with Gasteiger partial charge in [-0.3, -0.25) is 9.59 Å². The van der Waals surface area contributed by atoms with Crippen molar-refractivity contribution >= 4 is 27.7 Å².